The molecule has 3 aromatic carbocycles. The summed E-state index contributed by atoms with van der Waals surface area (Å²) in [5.74, 6) is -0.695. The molecular weight excluding hydrogens is 522 g/mol. The molecule has 0 radical (unpaired) electrons. The third kappa shape index (κ3) is 5.69. The van der Waals surface area contributed by atoms with Gasteiger partial charge < -0.3 is 15.1 Å². The van der Waals surface area contributed by atoms with Crippen LogP contribution < -0.4 is 10.2 Å². The highest BCUT2D eigenvalue weighted by Gasteiger charge is 2.36. The van der Waals surface area contributed by atoms with E-state index in [2.05, 4.69) is 17.1 Å². The van der Waals surface area contributed by atoms with Gasteiger partial charge in [0.15, 0.2) is 0 Å². The zero-order valence-corrected chi connectivity index (χ0v) is 24.0. The van der Waals surface area contributed by atoms with Crippen LogP contribution in [-0.4, -0.2) is 50.8 Å². The molecule has 1 atom stereocenters. The van der Waals surface area contributed by atoms with Crippen molar-refractivity contribution < 1.29 is 18.0 Å². The first-order valence-corrected chi connectivity index (χ1v) is 15.7. The van der Waals surface area contributed by atoms with Crippen molar-refractivity contribution in [3.63, 3.8) is 0 Å². The van der Waals surface area contributed by atoms with Gasteiger partial charge in [0.05, 0.1) is 27.6 Å². The minimum atomic E-state index is -3.99. The lowest BCUT2D eigenvalue weighted by Crippen LogP contribution is -2.40. The molecule has 0 saturated carbocycles. The first-order valence-electron chi connectivity index (χ1n) is 14.2. The lowest BCUT2D eigenvalue weighted by molar-refractivity contribution is 0.0944. The number of piperidine rings is 1. The number of hydrogen-bond acceptors (Lipinski definition) is 5. The molecule has 40 heavy (non-hydrogen) atoms. The molecule has 1 saturated heterocycles. The molecule has 8 heteroatoms. The van der Waals surface area contributed by atoms with E-state index in [1.165, 1.54) is 42.4 Å². The highest BCUT2D eigenvalue weighted by molar-refractivity contribution is 7.91. The van der Waals surface area contributed by atoms with Crippen molar-refractivity contribution >= 4 is 27.3 Å². The monoisotopic (exact) mass is 559 g/mol. The third-order valence-corrected chi connectivity index (χ3v) is 9.86. The summed E-state index contributed by atoms with van der Waals surface area (Å²) in [6, 6.07) is 19.2. The second kappa shape index (κ2) is 11.9. The van der Waals surface area contributed by atoms with Crippen molar-refractivity contribution in [2.45, 2.75) is 68.3 Å². The number of nitrogens with zero attached hydrogens (tertiary/aromatic N) is 2. The zero-order chi connectivity index (χ0) is 28.3. The van der Waals surface area contributed by atoms with Crippen molar-refractivity contribution in [1.29, 1.82) is 0 Å². The van der Waals surface area contributed by atoms with Crippen LogP contribution in [0, 0.1) is 6.92 Å². The van der Waals surface area contributed by atoms with Gasteiger partial charge in [-0.2, -0.15) is 0 Å². The number of carbonyl (C=O) groups is 2. The van der Waals surface area contributed by atoms with Crippen LogP contribution in [0.15, 0.2) is 76.5 Å². The fourth-order valence-corrected chi connectivity index (χ4v) is 7.53. The maximum atomic E-state index is 13.8. The molecule has 0 spiro atoms. The van der Waals surface area contributed by atoms with E-state index >= 15 is 0 Å². The molecule has 2 aliphatic rings. The van der Waals surface area contributed by atoms with Gasteiger partial charge >= 0.3 is 0 Å². The van der Waals surface area contributed by atoms with Crippen LogP contribution in [0.3, 0.4) is 0 Å². The molecule has 210 valence electrons. The van der Waals surface area contributed by atoms with Gasteiger partial charge in [0, 0.05) is 24.7 Å². The number of rotatable bonds is 8. The van der Waals surface area contributed by atoms with E-state index in [1.54, 1.807) is 24.3 Å². The highest BCUT2D eigenvalue weighted by Crippen LogP contribution is 2.38. The van der Waals surface area contributed by atoms with Gasteiger partial charge in [-0.1, -0.05) is 55.3 Å². The van der Waals surface area contributed by atoms with Crippen molar-refractivity contribution in [3.8, 4) is 0 Å². The van der Waals surface area contributed by atoms with Crippen molar-refractivity contribution in [3.05, 3.63) is 89.0 Å². The number of anilines is 1. The lowest BCUT2D eigenvalue weighted by atomic mass is 10.00. The molecule has 1 N–H and O–H groups in total. The Labute approximate surface area is 237 Å². The molecule has 2 heterocycles. The number of amides is 2. The van der Waals surface area contributed by atoms with Crippen molar-refractivity contribution in [1.82, 2.24) is 10.2 Å². The number of carbonyl (C=O) groups excluding carboxylic acids is 2. The first kappa shape index (κ1) is 28.1. The molecule has 0 aromatic heterocycles. The van der Waals surface area contributed by atoms with Crippen LogP contribution in [0.1, 0.15) is 70.9 Å². The molecule has 1 fully saturated rings. The van der Waals surface area contributed by atoms with Crippen LogP contribution in [0.25, 0.3) is 0 Å². The quantitative estimate of drug-likeness (QED) is 0.375. The second-order valence-corrected chi connectivity index (χ2v) is 12.7. The maximum absolute atomic E-state index is 13.8. The summed E-state index contributed by atoms with van der Waals surface area (Å²) < 4.78 is 27.4. The highest BCUT2D eigenvalue weighted by atomic mass is 32.2. The van der Waals surface area contributed by atoms with Gasteiger partial charge in [-0.15, -0.1) is 0 Å². The van der Waals surface area contributed by atoms with Crippen LogP contribution in [0.4, 0.5) is 5.69 Å². The van der Waals surface area contributed by atoms with Gasteiger partial charge in [0.1, 0.15) is 0 Å². The number of aryl methyl sites for hydroxylation is 1. The Morgan fingerprint density at radius 3 is 2.62 bits per heavy atom. The number of sulfone groups is 1. The summed E-state index contributed by atoms with van der Waals surface area (Å²) in [5.41, 5.74) is 2.58. The predicted molar refractivity (Wildman–Crippen MR) is 156 cm³/mol. The summed E-state index contributed by atoms with van der Waals surface area (Å²) >= 11 is 0. The van der Waals surface area contributed by atoms with Gasteiger partial charge in [-0.3, -0.25) is 9.59 Å². The van der Waals surface area contributed by atoms with Gasteiger partial charge in [0.25, 0.3) is 11.8 Å². The molecule has 2 aliphatic heterocycles. The van der Waals surface area contributed by atoms with E-state index in [1.807, 2.05) is 31.2 Å². The molecule has 7 nitrogen and oxygen atoms in total. The smallest absolute Gasteiger partial charge is 0.259 e. The van der Waals surface area contributed by atoms with Crippen LogP contribution >= 0.6 is 0 Å². The molecule has 0 bridgehead atoms. The van der Waals surface area contributed by atoms with Crippen molar-refractivity contribution in [2.75, 3.05) is 24.5 Å². The Morgan fingerprint density at radius 1 is 1.00 bits per heavy atom. The maximum Gasteiger partial charge on any atom is 0.259 e. The summed E-state index contributed by atoms with van der Waals surface area (Å²) in [6.45, 7) is 6.96. The Kier molecular flexibility index (Phi) is 8.38. The van der Waals surface area contributed by atoms with Crippen LogP contribution in [-0.2, 0) is 16.4 Å². The minimum Gasteiger partial charge on any atom is -0.352 e. The van der Waals surface area contributed by atoms with Crippen LogP contribution in [0.5, 0.6) is 0 Å². The summed E-state index contributed by atoms with van der Waals surface area (Å²) in [4.78, 5) is 31.0. The number of likely N-dealkylation sites (tertiary alicyclic amines) is 1. The van der Waals surface area contributed by atoms with E-state index in [9.17, 15) is 18.0 Å². The zero-order valence-electron chi connectivity index (χ0n) is 23.2. The molecule has 0 aliphatic carbocycles. The van der Waals surface area contributed by atoms with E-state index in [-0.39, 0.29) is 33.5 Å². The summed E-state index contributed by atoms with van der Waals surface area (Å²) in [7, 11) is -3.99. The van der Waals surface area contributed by atoms with E-state index in [0.717, 1.165) is 37.1 Å². The lowest BCUT2D eigenvalue weighted by Gasteiger charge is -2.35. The average Bonchev–Trinajstić information content (AvgIpc) is 3.03. The fourth-order valence-electron chi connectivity index (χ4n) is 5.90. The Morgan fingerprint density at radius 2 is 1.82 bits per heavy atom. The van der Waals surface area contributed by atoms with E-state index in [0.29, 0.717) is 18.2 Å². The molecule has 2 amide bonds. The predicted octanol–water partition coefficient (Wildman–Crippen LogP) is 5.37. The molecular formula is C32H37N3O4S. The number of hydrogen-bond donors (Lipinski definition) is 1. The summed E-state index contributed by atoms with van der Waals surface area (Å²) in [6.07, 6.45) is 5.74. The third-order valence-electron chi connectivity index (χ3n) is 8.00. The SMILES string of the molecule is CCC1CCCCN1CCCNC(=O)c1ccc2c(c1)N(Cc1cccc(C)c1)C(=O)c1ccccc1S2(=O)=O. The Hall–Kier alpha value is -3.49. The van der Waals surface area contributed by atoms with Crippen molar-refractivity contribution in [2.24, 2.45) is 0 Å². The second-order valence-electron chi connectivity index (χ2n) is 10.8. The normalized spacial score (nSPS) is 18.5. The molecule has 5 rings (SSSR count). The number of fused-ring (bicyclic) bond motifs is 2. The standard InChI is InChI=1S/C32H37N3O4S/c1-3-26-12-6-7-18-34(26)19-9-17-33-31(36)25-15-16-30-28(21-25)35(22-24-11-8-10-23(2)20-24)32(37)27-13-4-5-14-29(27)40(30,38)39/h4-5,8,10-11,13-16,20-21,26H,3,6-7,9,12,17-19,22H2,1-2H3,(H,33,36). The number of nitrogens with one attached hydrogen (secondary N) is 1. The summed E-state index contributed by atoms with van der Waals surface area (Å²) in [5, 5.41) is 3.00. The van der Waals surface area contributed by atoms with Gasteiger partial charge in [-0.25, -0.2) is 8.42 Å². The Balaban J connectivity index is 1.42. The van der Waals surface area contributed by atoms with E-state index in [4.69, 9.17) is 0 Å². The molecule has 3 aromatic rings. The van der Waals surface area contributed by atoms with Gasteiger partial charge in [-0.05, 0) is 75.0 Å². The number of benzene rings is 3. The average molecular weight is 560 g/mol. The van der Waals surface area contributed by atoms with Crippen LogP contribution in [0.2, 0.25) is 0 Å². The topological polar surface area (TPSA) is 86.8 Å². The fraction of sp³-hybridized carbons (Fsp3) is 0.375. The Bertz CT molecular complexity index is 1520. The van der Waals surface area contributed by atoms with Gasteiger partial charge in [0.2, 0.25) is 9.84 Å². The molecule has 1 unspecified atom stereocenters. The first-order chi connectivity index (χ1) is 19.3. The minimum absolute atomic E-state index is 0.0192. The van der Waals surface area contributed by atoms with E-state index < -0.39 is 15.7 Å². The largest absolute Gasteiger partial charge is 0.352 e.